The molecule has 1 saturated carbocycles. The fourth-order valence-corrected chi connectivity index (χ4v) is 18.6. The van der Waals surface area contributed by atoms with Gasteiger partial charge in [0.05, 0.1) is 104 Å². The first-order chi connectivity index (χ1) is 38.2. The van der Waals surface area contributed by atoms with Crippen LogP contribution in [0.3, 0.4) is 0 Å². The summed E-state index contributed by atoms with van der Waals surface area (Å²) in [6.45, 7) is 17.7. The third-order valence-corrected chi connectivity index (χ3v) is 22.5. The second-order valence-electron chi connectivity index (χ2n) is 27.8. The number of rotatable bonds is 2. The van der Waals surface area contributed by atoms with Gasteiger partial charge in [-0.25, -0.2) is 0 Å². The van der Waals surface area contributed by atoms with Crippen LogP contribution in [-0.2, 0) is 75.9 Å². The van der Waals surface area contributed by atoms with E-state index in [9.17, 15) is 30.0 Å². The van der Waals surface area contributed by atoms with Crippen LogP contribution < -0.4 is 0 Å². The molecule has 20 heteroatoms. The summed E-state index contributed by atoms with van der Waals surface area (Å²) in [6, 6.07) is 0. The first-order valence-corrected chi connectivity index (χ1v) is 30.8. The first-order valence-electron chi connectivity index (χ1n) is 30.8. The van der Waals surface area contributed by atoms with Crippen molar-refractivity contribution < 1.29 is 96.3 Å². The Hall–Kier alpha value is -2.22. The van der Waals surface area contributed by atoms with Gasteiger partial charge in [0.15, 0.2) is 17.7 Å². The number of carboxylic acid groups (broad SMARTS) is 1. The largest absolute Gasteiger partial charge is 0.481 e. The molecule has 20 nitrogen and oxygen atoms in total. The number of fused-ring (bicyclic) bond motifs is 10. The molecule has 0 aromatic rings. The quantitative estimate of drug-likeness (QED) is 0.214. The van der Waals surface area contributed by atoms with Crippen molar-refractivity contribution in [1.82, 2.24) is 0 Å². The predicted octanol–water partition coefficient (Wildman–Crippen LogP) is 4.82. The zero-order valence-electron chi connectivity index (χ0n) is 46.6. The van der Waals surface area contributed by atoms with Crippen LogP contribution >= 0.6 is 0 Å². The fraction of sp³-hybridized carbons (Fsp3) is 0.900. The summed E-state index contributed by atoms with van der Waals surface area (Å²) in [6.07, 6.45) is -2.41. The maximum atomic E-state index is 14.6. The van der Waals surface area contributed by atoms with E-state index in [2.05, 4.69) is 40.9 Å². The third-order valence-electron chi connectivity index (χ3n) is 22.5. The number of hydrogen-bond acceptors (Lipinski definition) is 19. The summed E-state index contributed by atoms with van der Waals surface area (Å²) < 4.78 is 95.8. The summed E-state index contributed by atoms with van der Waals surface area (Å²) in [5, 5.41) is 44.4. The smallest absolute Gasteiger partial charge is 0.308 e. The molecule has 3 spiro atoms. The molecular weight excluding hydrogens is 1040 g/mol. The lowest BCUT2D eigenvalue weighted by Crippen LogP contribution is -2.63. The second kappa shape index (κ2) is 19.7. The monoisotopic (exact) mass is 1120 g/mol. The topological polar surface area (TPSA) is 244 Å². The Labute approximate surface area is 467 Å². The number of aliphatic hydroxyl groups is 3. The lowest BCUT2D eigenvalue weighted by Gasteiger charge is -2.55. The molecular formula is C60H84O20. The number of aliphatic carboxylic acids is 1. The maximum Gasteiger partial charge on any atom is 0.308 e. The van der Waals surface area contributed by atoms with E-state index in [0.29, 0.717) is 83.5 Å². The van der Waals surface area contributed by atoms with Crippen LogP contribution in [-0.4, -0.2) is 190 Å². The van der Waals surface area contributed by atoms with Gasteiger partial charge in [-0.3, -0.25) is 9.59 Å². The van der Waals surface area contributed by atoms with Gasteiger partial charge in [0.2, 0.25) is 11.6 Å². The highest BCUT2D eigenvalue weighted by atomic mass is 16.8. The van der Waals surface area contributed by atoms with Crippen LogP contribution in [0, 0.1) is 35.5 Å². The number of carbonyl (C=O) groups is 2. The van der Waals surface area contributed by atoms with Crippen molar-refractivity contribution in [2.45, 2.75) is 301 Å². The highest BCUT2D eigenvalue weighted by Gasteiger charge is 2.79. The van der Waals surface area contributed by atoms with E-state index in [1.807, 2.05) is 0 Å². The first kappa shape index (κ1) is 54.4. The summed E-state index contributed by atoms with van der Waals surface area (Å²) in [5.74, 6) is -6.70. The molecule has 15 saturated heterocycles. The molecule has 0 aromatic carbocycles. The number of aliphatic hydroxyl groups excluding tert-OH is 2. The summed E-state index contributed by atoms with van der Waals surface area (Å²) in [4.78, 5) is 26.2. The third kappa shape index (κ3) is 8.85. The molecule has 444 valence electrons. The van der Waals surface area contributed by atoms with Crippen molar-refractivity contribution in [2.75, 3.05) is 0 Å². The van der Waals surface area contributed by atoms with E-state index in [4.69, 9.17) is 66.3 Å². The van der Waals surface area contributed by atoms with Crippen LogP contribution in [0.5, 0.6) is 0 Å². The van der Waals surface area contributed by atoms with Crippen molar-refractivity contribution in [1.29, 1.82) is 0 Å². The number of carboxylic acids is 1. The molecule has 15 aliphatic heterocycles. The summed E-state index contributed by atoms with van der Waals surface area (Å²) in [7, 11) is 0. The van der Waals surface area contributed by atoms with Crippen LogP contribution in [0.2, 0.25) is 0 Å². The minimum atomic E-state index is -2.03. The fourth-order valence-electron chi connectivity index (χ4n) is 18.6. The van der Waals surface area contributed by atoms with Gasteiger partial charge in [0.1, 0.15) is 36.6 Å². The Morgan fingerprint density at radius 3 is 2.12 bits per heavy atom. The van der Waals surface area contributed by atoms with Gasteiger partial charge >= 0.3 is 11.9 Å². The SMILES string of the molecule is C=C1CC2CCC34OC5C6OC(CCC6OC6C5OC(O)(C6O3)C4O)CC(=O)OC3C(CC4OC(CCC1O2)CC(C)C4=C)OC1CC2OC4(CC2OC1C3C)CC1OC2(CC(C)C3CC(CC(=O)O)C(O)CC3O2)CC(C)C1O4. The molecule has 32 unspecified atom stereocenters. The van der Waals surface area contributed by atoms with Crippen molar-refractivity contribution in [2.24, 2.45) is 35.5 Å². The van der Waals surface area contributed by atoms with Gasteiger partial charge in [-0.05, 0) is 92.1 Å². The van der Waals surface area contributed by atoms with E-state index >= 15 is 0 Å². The minimum Gasteiger partial charge on any atom is -0.481 e. The van der Waals surface area contributed by atoms with Crippen molar-refractivity contribution in [3.8, 4) is 0 Å². The van der Waals surface area contributed by atoms with Crippen LogP contribution in [0.1, 0.15) is 143 Å². The molecule has 4 N–H and O–H groups in total. The van der Waals surface area contributed by atoms with Crippen LogP contribution in [0.15, 0.2) is 24.3 Å². The molecule has 32 atom stereocenters. The molecule has 12 bridgehead atoms. The van der Waals surface area contributed by atoms with E-state index in [-0.39, 0.29) is 116 Å². The molecule has 16 aliphatic rings. The molecule has 16 fully saturated rings. The van der Waals surface area contributed by atoms with Crippen LogP contribution in [0.25, 0.3) is 0 Å². The zero-order chi connectivity index (χ0) is 55.1. The Morgan fingerprint density at radius 2 is 1.29 bits per heavy atom. The number of ether oxygens (including phenoxy) is 14. The highest BCUT2D eigenvalue weighted by Crippen LogP contribution is 2.60. The zero-order valence-corrected chi connectivity index (χ0v) is 46.6. The number of carbonyl (C=O) groups excluding carboxylic acids is 1. The molecule has 15 heterocycles. The summed E-state index contributed by atoms with van der Waals surface area (Å²) in [5.41, 5.74) is 2.00. The molecule has 0 amide bonds. The molecule has 0 aromatic heterocycles. The van der Waals surface area contributed by atoms with E-state index in [1.165, 1.54) is 0 Å². The lowest BCUT2D eigenvalue weighted by atomic mass is 9.67. The molecule has 80 heavy (non-hydrogen) atoms. The Balaban J connectivity index is 0.666. The van der Waals surface area contributed by atoms with Gasteiger partial charge in [-0.2, -0.15) is 0 Å². The average Bonchev–Trinajstić information content (AvgIpc) is 4.26. The number of hydrogen-bond donors (Lipinski definition) is 4. The van der Waals surface area contributed by atoms with E-state index in [0.717, 1.165) is 24.0 Å². The lowest BCUT2D eigenvalue weighted by molar-refractivity contribution is -0.356. The normalized spacial score (nSPS) is 58.7. The van der Waals surface area contributed by atoms with Gasteiger partial charge in [-0.15, -0.1) is 0 Å². The molecule has 0 radical (unpaired) electrons. The minimum absolute atomic E-state index is 0.0364. The van der Waals surface area contributed by atoms with Gasteiger partial charge in [0.25, 0.3) is 0 Å². The van der Waals surface area contributed by atoms with Crippen LogP contribution in [0.4, 0.5) is 0 Å². The van der Waals surface area contributed by atoms with E-state index < -0.39 is 108 Å². The molecule has 1 aliphatic carbocycles. The Kier molecular flexibility index (Phi) is 13.4. The standard InChI is InChI=1S/C60H84O20/c1-25-13-32-7-9-37-26(2)14-34(67-37)11-12-59-56(65)60(66)55(80-59)54-53(79-60)52(78-59)51-38(71-54)10-8-33(69-51)17-47(64)73-50-30(6)49-43(70-42(50)19-39(68-32)29(25)5)20-41-44(72-49)23-58(75-41)24-45-48(77-58)28(4)22-57(76-45)21-27(3)35-15-31(16-46(62)63)36(61)18-40(35)74-57/h25,27-28,30-45,48-56,61,65-66H,2,5,7-24H2,1,3-4,6H3,(H,62,63). The Bertz CT molecular complexity index is 2460. The molecule has 16 rings (SSSR count). The average molecular weight is 1130 g/mol. The van der Waals surface area contributed by atoms with Crippen molar-refractivity contribution in [3.05, 3.63) is 24.3 Å². The van der Waals surface area contributed by atoms with Gasteiger partial charge < -0.3 is 86.7 Å². The van der Waals surface area contributed by atoms with Crippen molar-refractivity contribution >= 4 is 11.9 Å². The number of esters is 1. The van der Waals surface area contributed by atoms with Crippen molar-refractivity contribution in [3.63, 3.8) is 0 Å². The van der Waals surface area contributed by atoms with Gasteiger partial charge in [0, 0.05) is 57.3 Å². The Morgan fingerprint density at radius 1 is 0.575 bits per heavy atom. The predicted molar refractivity (Wildman–Crippen MR) is 274 cm³/mol. The maximum absolute atomic E-state index is 14.6. The second-order valence-corrected chi connectivity index (χ2v) is 27.8. The van der Waals surface area contributed by atoms with E-state index in [1.54, 1.807) is 0 Å². The highest BCUT2D eigenvalue weighted by molar-refractivity contribution is 5.70. The van der Waals surface area contributed by atoms with Gasteiger partial charge in [-0.1, -0.05) is 40.9 Å². The summed E-state index contributed by atoms with van der Waals surface area (Å²) >= 11 is 0.